The van der Waals surface area contributed by atoms with Gasteiger partial charge in [0.25, 0.3) is 0 Å². The van der Waals surface area contributed by atoms with Gasteiger partial charge in [-0.25, -0.2) is 4.68 Å². The summed E-state index contributed by atoms with van der Waals surface area (Å²) in [6.07, 6.45) is 1.73. The fourth-order valence-corrected chi connectivity index (χ4v) is 1.29. The van der Waals surface area contributed by atoms with Gasteiger partial charge in [-0.05, 0) is 0 Å². The van der Waals surface area contributed by atoms with Crippen LogP contribution in [0.2, 0.25) is 0 Å². The second kappa shape index (κ2) is 8.56. The van der Waals surface area contributed by atoms with E-state index in [4.69, 9.17) is 9.84 Å². The Morgan fingerprint density at radius 3 is 3.17 bits per heavy atom. The van der Waals surface area contributed by atoms with Crippen molar-refractivity contribution in [3.05, 3.63) is 11.9 Å². The average molecular weight is 257 g/mol. The Morgan fingerprint density at radius 1 is 1.61 bits per heavy atom. The van der Waals surface area contributed by atoms with E-state index in [1.807, 2.05) is 0 Å². The molecule has 0 fully saturated rings. The monoisotopic (exact) mass is 257 g/mol. The van der Waals surface area contributed by atoms with E-state index in [0.717, 1.165) is 5.69 Å². The van der Waals surface area contributed by atoms with Crippen LogP contribution in [0.1, 0.15) is 5.69 Å². The van der Waals surface area contributed by atoms with Crippen LogP contribution in [0.5, 0.6) is 0 Å². The molecule has 0 bridgehead atoms. The molecule has 3 N–H and O–H groups in total. The summed E-state index contributed by atoms with van der Waals surface area (Å²) in [6, 6.07) is 0. The number of carbonyl (C=O) groups excluding carboxylic acids is 1. The lowest BCUT2D eigenvalue weighted by Gasteiger charge is -2.04. The number of aliphatic hydroxyl groups is 1. The van der Waals surface area contributed by atoms with Crippen molar-refractivity contribution in [2.24, 2.45) is 0 Å². The summed E-state index contributed by atoms with van der Waals surface area (Å²) in [6.45, 7) is 2.13. The summed E-state index contributed by atoms with van der Waals surface area (Å²) in [4.78, 5) is 11.3. The van der Waals surface area contributed by atoms with Crippen molar-refractivity contribution < 1.29 is 14.6 Å². The molecule has 0 aromatic carbocycles. The van der Waals surface area contributed by atoms with Crippen molar-refractivity contribution in [2.45, 2.75) is 13.1 Å². The van der Waals surface area contributed by atoms with Gasteiger partial charge in [-0.2, -0.15) is 0 Å². The van der Waals surface area contributed by atoms with Gasteiger partial charge < -0.3 is 20.5 Å². The molecule has 0 saturated carbocycles. The number of aliphatic hydroxyl groups excluding tert-OH is 1. The molecule has 0 unspecified atom stereocenters. The van der Waals surface area contributed by atoms with Gasteiger partial charge in [0.1, 0.15) is 0 Å². The summed E-state index contributed by atoms with van der Waals surface area (Å²) < 4.78 is 6.37. The molecule has 8 heteroatoms. The number of ether oxygens (including phenoxy) is 1. The van der Waals surface area contributed by atoms with Crippen LogP contribution in [0.15, 0.2) is 6.20 Å². The van der Waals surface area contributed by atoms with Crippen LogP contribution >= 0.6 is 0 Å². The maximum absolute atomic E-state index is 11.3. The second-order valence-corrected chi connectivity index (χ2v) is 3.64. The van der Waals surface area contributed by atoms with Gasteiger partial charge in [-0.15, -0.1) is 5.10 Å². The van der Waals surface area contributed by atoms with E-state index < -0.39 is 0 Å². The van der Waals surface area contributed by atoms with Crippen molar-refractivity contribution >= 4 is 5.91 Å². The lowest BCUT2D eigenvalue weighted by Crippen LogP contribution is -2.35. The van der Waals surface area contributed by atoms with E-state index in [2.05, 4.69) is 20.9 Å². The highest BCUT2D eigenvalue weighted by atomic mass is 16.5. The molecule has 0 aliphatic rings. The summed E-state index contributed by atoms with van der Waals surface area (Å²) in [5.41, 5.74) is 0.730. The Balaban J connectivity index is 2.14. The number of nitrogens with zero attached hydrogens (tertiary/aromatic N) is 3. The van der Waals surface area contributed by atoms with Crippen LogP contribution in [0.25, 0.3) is 0 Å². The van der Waals surface area contributed by atoms with Crippen LogP contribution in [0, 0.1) is 0 Å². The summed E-state index contributed by atoms with van der Waals surface area (Å²) in [5.74, 6) is -0.0881. The van der Waals surface area contributed by atoms with Crippen molar-refractivity contribution in [1.29, 1.82) is 0 Å². The first kappa shape index (κ1) is 14.6. The Hall–Kier alpha value is -1.51. The van der Waals surface area contributed by atoms with Crippen molar-refractivity contribution in [2.75, 3.05) is 33.4 Å². The van der Waals surface area contributed by atoms with E-state index in [-0.39, 0.29) is 19.1 Å². The molecule has 8 nitrogen and oxygen atoms in total. The van der Waals surface area contributed by atoms with E-state index in [0.29, 0.717) is 26.2 Å². The van der Waals surface area contributed by atoms with Crippen LogP contribution in [-0.2, 0) is 22.6 Å². The third-order valence-corrected chi connectivity index (χ3v) is 2.14. The number of aromatic nitrogens is 3. The number of hydrogen-bond acceptors (Lipinski definition) is 6. The predicted molar refractivity (Wildman–Crippen MR) is 63.7 cm³/mol. The van der Waals surface area contributed by atoms with Gasteiger partial charge >= 0.3 is 0 Å². The Labute approximate surface area is 105 Å². The topological polar surface area (TPSA) is 101 Å². The molecular formula is C10H19N5O3. The second-order valence-electron chi connectivity index (χ2n) is 3.64. The lowest BCUT2D eigenvalue weighted by atomic mass is 10.4. The van der Waals surface area contributed by atoms with E-state index in [9.17, 15) is 4.79 Å². The van der Waals surface area contributed by atoms with Gasteiger partial charge in [0.05, 0.1) is 32.0 Å². The Morgan fingerprint density at radius 2 is 2.44 bits per heavy atom. The van der Waals surface area contributed by atoms with Crippen LogP contribution in [0.3, 0.4) is 0 Å². The zero-order chi connectivity index (χ0) is 13.2. The largest absolute Gasteiger partial charge is 0.394 e. The lowest BCUT2D eigenvalue weighted by molar-refractivity contribution is -0.120. The third kappa shape index (κ3) is 5.71. The zero-order valence-corrected chi connectivity index (χ0v) is 10.4. The van der Waals surface area contributed by atoms with Crippen LogP contribution < -0.4 is 10.6 Å². The first-order chi connectivity index (χ1) is 8.76. The number of carbonyl (C=O) groups is 1. The van der Waals surface area contributed by atoms with E-state index in [1.54, 1.807) is 18.0 Å². The summed E-state index contributed by atoms with van der Waals surface area (Å²) in [7, 11) is 1.58. The van der Waals surface area contributed by atoms with Gasteiger partial charge in [-0.1, -0.05) is 5.21 Å². The zero-order valence-electron chi connectivity index (χ0n) is 10.4. The van der Waals surface area contributed by atoms with Crippen LogP contribution in [0.4, 0.5) is 0 Å². The Bertz CT molecular complexity index is 355. The van der Waals surface area contributed by atoms with Gasteiger partial charge in [-0.3, -0.25) is 4.79 Å². The molecule has 1 rings (SSSR count). The molecule has 1 heterocycles. The molecule has 1 amide bonds. The standard InChI is InChI=1S/C10H19N5O3/c1-18-5-2-12-10(17)7-11-6-9-8-15(3-4-16)14-13-9/h8,11,16H,2-7H2,1H3,(H,12,17). The number of amides is 1. The molecule has 0 spiro atoms. The fourth-order valence-electron chi connectivity index (χ4n) is 1.29. The number of hydrogen-bond donors (Lipinski definition) is 3. The minimum absolute atomic E-state index is 0.0259. The maximum Gasteiger partial charge on any atom is 0.234 e. The normalized spacial score (nSPS) is 10.6. The first-order valence-corrected chi connectivity index (χ1v) is 5.72. The SMILES string of the molecule is COCCNC(=O)CNCc1cn(CCO)nn1. The quantitative estimate of drug-likeness (QED) is 0.448. The molecular weight excluding hydrogens is 238 g/mol. The van der Waals surface area contributed by atoms with Crippen LogP contribution in [-0.4, -0.2) is 59.4 Å². The minimum Gasteiger partial charge on any atom is -0.394 e. The van der Waals surface area contributed by atoms with E-state index in [1.165, 1.54) is 0 Å². The highest BCUT2D eigenvalue weighted by Crippen LogP contribution is 1.91. The smallest absolute Gasteiger partial charge is 0.234 e. The fraction of sp³-hybridized carbons (Fsp3) is 0.700. The maximum atomic E-state index is 11.3. The van der Waals surface area contributed by atoms with Gasteiger partial charge in [0, 0.05) is 26.4 Å². The molecule has 0 aliphatic carbocycles. The van der Waals surface area contributed by atoms with Gasteiger partial charge in [0.15, 0.2) is 0 Å². The molecule has 18 heavy (non-hydrogen) atoms. The van der Waals surface area contributed by atoms with Crippen molar-refractivity contribution in [3.63, 3.8) is 0 Å². The molecule has 1 aromatic heterocycles. The minimum atomic E-state index is -0.0881. The van der Waals surface area contributed by atoms with E-state index >= 15 is 0 Å². The summed E-state index contributed by atoms with van der Waals surface area (Å²) >= 11 is 0. The van der Waals surface area contributed by atoms with Crippen molar-refractivity contribution in [3.8, 4) is 0 Å². The molecule has 1 aromatic rings. The average Bonchev–Trinajstić information content (AvgIpc) is 2.78. The first-order valence-electron chi connectivity index (χ1n) is 5.72. The predicted octanol–water partition coefficient (Wildman–Crippen LogP) is -1.88. The highest BCUT2D eigenvalue weighted by Gasteiger charge is 2.02. The number of nitrogens with one attached hydrogen (secondary N) is 2. The van der Waals surface area contributed by atoms with Crippen molar-refractivity contribution in [1.82, 2.24) is 25.6 Å². The highest BCUT2D eigenvalue weighted by molar-refractivity contribution is 5.77. The molecule has 0 radical (unpaired) electrons. The molecule has 0 saturated heterocycles. The summed E-state index contributed by atoms with van der Waals surface area (Å²) in [5, 5.41) is 22.1. The number of methoxy groups -OCH3 is 1. The third-order valence-electron chi connectivity index (χ3n) is 2.14. The molecule has 0 atom stereocenters. The Kier molecular flexibility index (Phi) is 6.92. The van der Waals surface area contributed by atoms with Gasteiger partial charge in [0.2, 0.25) is 5.91 Å². The molecule has 0 aliphatic heterocycles. The molecule has 102 valence electrons. The number of rotatable bonds is 9.